The molecule has 0 heterocycles. The number of nitrogens with two attached hydrogens (primary N) is 2. The van der Waals surface area contributed by atoms with Gasteiger partial charge >= 0.3 is 0 Å². The first-order valence-corrected chi connectivity index (χ1v) is 4.98. The third kappa shape index (κ3) is 3.67. The molecule has 0 saturated carbocycles. The zero-order valence-corrected chi connectivity index (χ0v) is 8.71. The van der Waals surface area contributed by atoms with Crippen LogP contribution in [0.5, 0.6) is 0 Å². The Balaban J connectivity index is 0. The van der Waals surface area contributed by atoms with Gasteiger partial charge in [0.05, 0.1) is 28.0 Å². The second kappa shape index (κ2) is 7.36. The van der Waals surface area contributed by atoms with Gasteiger partial charge in [-0.25, -0.2) is 0 Å². The van der Waals surface area contributed by atoms with Crippen molar-refractivity contribution in [1.82, 2.24) is 0 Å². The van der Waals surface area contributed by atoms with Crippen molar-refractivity contribution in [2.75, 3.05) is 26.2 Å². The molecular formula is C9H27BN3+. The Labute approximate surface area is 84.6 Å². The van der Waals surface area contributed by atoms with Crippen LogP contribution in [0.4, 0.5) is 0 Å². The van der Waals surface area contributed by atoms with Crippen molar-refractivity contribution < 1.29 is 4.48 Å². The Bertz CT molecular complexity index is 107. The van der Waals surface area contributed by atoms with E-state index >= 15 is 0 Å². The minimum atomic E-state index is 0. The maximum Gasteiger partial charge on any atom is 0.141 e. The van der Waals surface area contributed by atoms with Crippen molar-refractivity contribution >= 4 is 8.41 Å². The van der Waals surface area contributed by atoms with Crippen molar-refractivity contribution in [3.63, 3.8) is 0 Å². The van der Waals surface area contributed by atoms with E-state index in [0.717, 1.165) is 30.5 Å². The molecular weight excluding hydrogens is 161 g/mol. The molecule has 0 aliphatic rings. The molecule has 1 unspecified atom stereocenters. The molecule has 4 N–H and O–H groups in total. The van der Waals surface area contributed by atoms with Crippen molar-refractivity contribution in [3.8, 4) is 0 Å². The van der Waals surface area contributed by atoms with Gasteiger partial charge in [0.15, 0.2) is 0 Å². The van der Waals surface area contributed by atoms with E-state index in [4.69, 9.17) is 11.5 Å². The van der Waals surface area contributed by atoms with Crippen LogP contribution in [0.25, 0.3) is 0 Å². The van der Waals surface area contributed by atoms with Gasteiger partial charge in [-0.1, -0.05) is 0 Å². The highest BCUT2D eigenvalue weighted by Gasteiger charge is 2.27. The lowest BCUT2D eigenvalue weighted by atomic mass is 10.2. The Morgan fingerprint density at radius 3 is 1.69 bits per heavy atom. The van der Waals surface area contributed by atoms with E-state index < -0.39 is 0 Å². The average molecular weight is 188 g/mol. The smallest absolute Gasteiger partial charge is 0.141 e. The molecule has 3 nitrogen and oxygen atoms in total. The van der Waals surface area contributed by atoms with Gasteiger partial charge in [-0.05, 0) is 27.3 Å². The van der Waals surface area contributed by atoms with E-state index in [1.54, 1.807) is 0 Å². The molecule has 0 amide bonds. The topological polar surface area (TPSA) is 52.0 Å². The zero-order valence-electron chi connectivity index (χ0n) is 8.71. The monoisotopic (exact) mass is 188 g/mol. The van der Waals surface area contributed by atoms with E-state index in [0.29, 0.717) is 6.54 Å². The third-order valence-corrected chi connectivity index (χ3v) is 3.06. The molecule has 0 aromatic carbocycles. The van der Waals surface area contributed by atoms with Crippen molar-refractivity contribution in [2.24, 2.45) is 11.5 Å². The zero-order chi connectivity index (χ0) is 9.61. The SMILES string of the molecule is B.CC[N+](CC)(CC)C(N)CCN. The number of hydrogen-bond acceptors (Lipinski definition) is 2. The summed E-state index contributed by atoms with van der Waals surface area (Å²) < 4.78 is 0.997. The summed E-state index contributed by atoms with van der Waals surface area (Å²) in [6.45, 7) is 10.6. The van der Waals surface area contributed by atoms with Crippen LogP contribution >= 0.6 is 0 Å². The minimum absolute atomic E-state index is 0. The first-order valence-electron chi connectivity index (χ1n) is 4.98. The Kier molecular flexibility index (Phi) is 8.73. The summed E-state index contributed by atoms with van der Waals surface area (Å²) in [5.41, 5.74) is 11.6. The molecule has 1 atom stereocenters. The Morgan fingerprint density at radius 2 is 1.46 bits per heavy atom. The maximum absolute atomic E-state index is 6.09. The highest BCUT2D eigenvalue weighted by atomic mass is 15.4. The molecule has 4 heteroatoms. The number of rotatable bonds is 6. The van der Waals surface area contributed by atoms with Gasteiger partial charge in [-0.15, -0.1) is 0 Å². The molecule has 0 bridgehead atoms. The molecule has 0 aromatic heterocycles. The predicted molar refractivity (Wildman–Crippen MR) is 63.5 cm³/mol. The van der Waals surface area contributed by atoms with Crippen molar-refractivity contribution in [1.29, 1.82) is 0 Å². The summed E-state index contributed by atoms with van der Waals surface area (Å²) in [4.78, 5) is 0. The molecule has 13 heavy (non-hydrogen) atoms. The van der Waals surface area contributed by atoms with Gasteiger partial charge in [0.25, 0.3) is 0 Å². The van der Waals surface area contributed by atoms with Gasteiger partial charge in [0, 0.05) is 6.42 Å². The van der Waals surface area contributed by atoms with Crippen LogP contribution < -0.4 is 11.5 Å². The predicted octanol–water partition coefficient (Wildman–Crippen LogP) is -0.687. The summed E-state index contributed by atoms with van der Waals surface area (Å²) >= 11 is 0. The molecule has 0 saturated heterocycles. The van der Waals surface area contributed by atoms with Gasteiger partial charge < -0.3 is 10.2 Å². The fourth-order valence-electron chi connectivity index (χ4n) is 1.82. The van der Waals surface area contributed by atoms with Crippen LogP contribution in [0.2, 0.25) is 0 Å². The highest BCUT2D eigenvalue weighted by Crippen LogP contribution is 2.11. The maximum atomic E-state index is 6.09. The minimum Gasteiger partial charge on any atom is -0.330 e. The van der Waals surface area contributed by atoms with E-state index in [1.807, 2.05) is 0 Å². The summed E-state index contributed by atoms with van der Waals surface area (Å²) in [5, 5.41) is 0. The van der Waals surface area contributed by atoms with Crippen LogP contribution in [0.1, 0.15) is 27.2 Å². The molecule has 80 valence electrons. The summed E-state index contributed by atoms with van der Waals surface area (Å²) in [6.07, 6.45) is 1.14. The van der Waals surface area contributed by atoms with Crippen LogP contribution in [-0.2, 0) is 0 Å². The van der Waals surface area contributed by atoms with Crippen molar-refractivity contribution in [3.05, 3.63) is 0 Å². The number of hydrogen-bond donors (Lipinski definition) is 2. The van der Waals surface area contributed by atoms with Crippen LogP contribution in [-0.4, -0.2) is 45.2 Å². The van der Waals surface area contributed by atoms with E-state index in [-0.39, 0.29) is 14.6 Å². The van der Waals surface area contributed by atoms with Crippen molar-refractivity contribution in [2.45, 2.75) is 33.4 Å². The number of quaternary nitrogens is 1. The van der Waals surface area contributed by atoms with Gasteiger partial charge in [0.2, 0.25) is 0 Å². The van der Waals surface area contributed by atoms with E-state index in [1.165, 1.54) is 0 Å². The summed E-state index contributed by atoms with van der Waals surface area (Å²) in [6, 6.07) is 0. The van der Waals surface area contributed by atoms with Crippen LogP contribution in [0.15, 0.2) is 0 Å². The normalized spacial score (nSPS) is 13.6. The largest absolute Gasteiger partial charge is 0.330 e. The first-order chi connectivity index (χ1) is 5.66. The quantitative estimate of drug-likeness (QED) is 0.329. The second-order valence-electron chi connectivity index (χ2n) is 3.31. The molecule has 0 aromatic rings. The summed E-state index contributed by atoms with van der Waals surface area (Å²) in [5.74, 6) is 0. The lowest BCUT2D eigenvalue weighted by Gasteiger charge is -2.40. The van der Waals surface area contributed by atoms with Gasteiger partial charge in [0.1, 0.15) is 6.17 Å². The third-order valence-electron chi connectivity index (χ3n) is 3.06. The molecule has 0 rings (SSSR count). The number of nitrogens with zero attached hydrogens (tertiary/aromatic N) is 1. The molecule has 0 spiro atoms. The second-order valence-corrected chi connectivity index (χ2v) is 3.31. The molecule has 0 fully saturated rings. The molecule has 0 radical (unpaired) electrons. The fourth-order valence-corrected chi connectivity index (χ4v) is 1.82. The van der Waals surface area contributed by atoms with Gasteiger partial charge in [-0.2, -0.15) is 0 Å². The van der Waals surface area contributed by atoms with Gasteiger partial charge in [-0.3, -0.25) is 5.73 Å². The Morgan fingerprint density at radius 1 is 1.08 bits per heavy atom. The lowest BCUT2D eigenvalue weighted by Crippen LogP contribution is -2.59. The standard InChI is InChI=1S/C9H24N3.BH3/c1-4-12(5-2,6-3)9(11)7-8-10;/h9H,4-8,10-11H2,1-3H3;1H3/q+1;. The first kappa shape index (κ1) is 15.4. The van der Waals surface area contributed by atoms with Crippen LogP contribution in [0, 0.1) is 0 Å². The van der Waals surface area contributed by atoms with E-state index in [9.17, 15) is 0 Å². The van der Waals surface area contributed by atoms with E-state index in [2.05, 4.69) is 20.8 Å². The molecule has 0 aliphatic heterocycles. The summed E-state index contributed by atoms with van der Waals surface area (Å²) in [7, 11) is 0. The Hall–Kier alpha value is -0.0551. The van der Waals surface area contributed by atoms with Crippen LogP contribution in [0.3, 0.4) is 0 Å². The lowest BCUT2D eigenvalue weighted by molar-refractivity contribution is -0.946. The molecule has 0 aliphatic carbocycles. The average Bonchev–Trinajstić information content (AvgIpc) is 2.09. The highest BCUT2D eigenvalue weighted by molar-refractivity contribution is 5.75. The fraction of sp³-hybridized carbons (Fsp3) is 1.00.